The van der Waals surface area contributed by atoms with E-state index in [0.717, 1.165) is 5.56 Å². The Hall–Kier alpha value is -2.75. The summed E-state index contributed by atoms with van der Waals surface area (Å²) in [5.41, 5.74) is 7.69. The molecule has 2 aromatic heterocycles. The number of primary amides is 1. The van der Waals surface area contributed by atoms with Crippen molar-refractivity contribution in [2.75, 3.05) is 31.1 Å². The Labute approximate surface area is 170 Å². The van der Waals surface area contributed by atoms with Gasteiger partial charge in [0.15, 0.2) is 5.82 Å². The Morgan fingerprint density at radius 1 is 1.21 bits per heavy atom. The normalized spacial score (nSPS) is 14.2. The SMILES string of the molecule is Cc1nnc(N2CCN(C(=O)Cc3cc[nH]c(=O)c3Br)CC2)c(C(N)=O)c1C. The molecule has 2 aromatic rings. The highest BCUT2D eigenvalue weighted by molar-refractivity contribution is 9.10. The highest BCUT2D eigenvalue weighted by atomic mass is 79.9. The number of anilines is 1. The quantitative estimate of drug-likeness (QED) is 0.702. The lowest BCUT2D eigenvalue weighted by molar-refractivity contribution is -0.130. The van der Waals surface area contributed by atoms with Crippen LogP contribution in [0.1, 0.15) is 27.2 Å². The first-order valence-corrected chi connectivity index (χ1v) is 9.61. The lowest BCUT2D eigenvalue weighted by Gasteiger charge is -2.36. The summed E-state index contributed by atoms with van der Waals surface area (Å²) in [4.78, 5) is 42.4. The fraction of sp³-hybridized carbons (Fsp3) is 0.389. The van der Waals surface area contributed by atoms with Crippen LogP contribution in [0.4, 0.5) is 5.82 Å². The number of halogens is 1. The molecule has 0 bridgehead atoms. The van der Waals surface area contributed by atoms with Gasteiger partial charge >= 0.3 is 0 Å². The van der Waals surface area contributed by atoms with E-state index in [1.54, 1.807) is 24.8 Å². The molecule has 1 saturated heterocycles. The van der Waals surface area contributed by atoms with E-state index in [9.17, 15) is 14.4 Å². The minimum atomic E-state index is -0.539. The van der Waals surface area contributed by atoms with Gasteiger partial charge in [-0.05, 0) is 47.0 Å². The monoisotopic (exact) mass is 448 g/mol. The second-order valence-electron chi connectivity index (χ2n) is 6.66. The molecule has 148 valence electrons. The second kappa shape index (κ2) is 8.09. The Morgan fingerprint density at radius 2 is 1.89 bits per heavy atom. The van der Waals surface area contributed by atoms with E-state index in [0.29, 0.717) is 53.3 Å². The summed E-state index contributed by atoms with van der Waals surface area (Å²) in [5.74, 6) is -0.143. The van der Waals surface area contributed by atoms with Crippen LogP contribution < -0.4 is 16.2 Å². The molecule has 0 unspecified atom stereocenters. The number of carbonyl (C=O) groups excluding carboxylic acids is 2. The van der Waals surface area contributed by atoms with Crippen LogP contribution in [0.3, 0.4) is 0 Å². The van der Waals surface area contributed by atoms with E-state index in [4.69, 9.17) is 5.73 Å². The van der Waals surface area contributed by atoms with E-state index >= 15 is 0 Å². The molecule has 0 aliphatic carbocycles. The minimum absolute atomic E-state index is 0.0627. The molecule has 0 radical (unpaired) electrons. The van der Waals surface area contributed by atoms with E-state index < -0.39 is 5.91 Å². The molecule has 3 heterocycles. The number of hydrogen-bond donors (Lipinski definition) is 2. The average molecular weight is 449 g/mol. The molecule has 28 heavy (non-hydrogen) atoms. The van der Waals surface area contributed by atoms with Crippen molar-refractivity contribution in [1.29, 1.82) is 0 Å². The van der Waals surface area contributed by atoms with Crippen LogP contribution in [0.15, 0.2) is 21.5 Å². The van der Waals surface area contributed by atoms with Crippen LogP contribution in [0.25, 0.3) is 0 Å². The maximum Gasteiger partial charge on any atom is 0.262 e. The van der Waals surface area contributed by atoms with Gasteiger partial charge in [-0.1, -0.05) is 0 Å². The largest absolute Gasteiger partial charge is 0.365 e. The summed E-state index contributed by atoms with van der Waals surface area (Å²) in [7, 11) is 0. The predicted molar refractivity (Wildman–Crippen MR) is 107 cm³/mol. The fourth-order valence-electron chi connectivity index (χ4n) is 3.19. The molecule has 0 saturated carbocycles. The Kier molecular flexibility index (Phi) is 5.78. The van der Waals surface area contributed by atoms with Crippen molar-refractivity contribution in [1.82, 2.24) is 20.1 Å². The highest BCUT2D eigenvalue weighted by Gasteiger charge is 2.26. The zero-order valence-corrected chi connectivity index (χ0v) is 17.2. The van der Waals surface area contributed by atoms with E-state index in [1.807, 2.05) is 4.90 Å². The maximum atomic E-state index is 12.6. The van der Waals surface area contributed by atoms with Crippen molar-refractivity contribution in [3.05, 3.63) is 49.5 Å². The number of aryl methyl sites for hydroxylation is 1. The number of H-pyrrole nitrogens is 1. The summed E-state index contributed by atoms with van der Waals surface area (Å²) in [6.45, 7) is 5.56. The maximum absolute atomic E-state index is 12.6. The van der Waals surface area contributed by atoms with Gasteiger partial charge in [0.1, 0.15) is 0 Å². The van der Waals surface area contributed by atoms with Gasteiger partial charge in [0, 0.05) is 32.4 Å². The lowest BCUT2D eigenvalue weighted by atomic mass is 10.1. The third-order valence-corrected chi connectivity index (χ3v) is 5.81. The number of nitrogens with two attached hydrogens (primary N) is 1. The molecule has 10 heteroatoms. The van der Waals surface area contributed by atoms with Gasteiger partial charge in [-0.2, -0.15) is 5.10 Å². The first kappa shape index (κ1) is 20.0. The van der Waals surface area contributed by atoms with Crippen molar-refractivity contribution in [3.8, 4) is 0 Å². The lowest BCUT2D eigenvalue weighted by Crippen LogP contribution is -2.50. The molecule has 0 spiro atoms. The van der Waals surface area contributed by atoms with Crippen molar-refractivity contribution < 1.29 is 9.59 Å². The van der Waals surface area contributed by atoms with E-state index in [1.165, 1.54) is 6.20 Å². The summed E-state index contributed by atoms with van der Waals surface area (Å²) < 4.78 is 0.374. The number of aromatic amines is 1. The van der Waals surface area contributed by atoms with Gasteiger partial charge in [0.2, 0.25) is 5.91 Å². The number of hydrogen-bond acceptors (Lipinski definition) is 6. The van der Waals surface area contributed by atoms with Gasteiger partial charge < -0.3 is 20.5 Å². The number of aromatic nitrogens is 3. The Balaban J connectivity index is 1.70. The first-order chi connectivity index (χ1) is 13.3. The zero-order chi connectivity index (χ0) is 20.4. The summed E-state index contributed by atoms with van der Waals surface area (Å²) in [5, 5.41) is 8.28. The molecular weight excluding hydrogens is 428 g/mol. The van der Waals surface area contributed by atoms with E-state index in [2.05, 4.69) is 31.1 Å². The first-order valence-electron chi connectivity index (χ1n) is 8.82. The molecule has 9 nitrogen and oxygen atoms in total. The van der Waals surface area contributed by atoms with Crippen molar-refractivity contribution in [2.24, 2.45) is 5.73 Å². The third-order valence-electron chi connectivity index (χ3n) is 4.94. The van der Waals surface area contributed by atoms with Gasteiger partial charge in [-0.25, -0.2) is 0 Å². The number of nitrogens with zero attached hydrogens (tertiary/aromatic N) is 4. The Morgan fingerprint density at radius 3 is 2.54 bits per heavy atom. The van der Waals surface area contributed by atoms with Gasteiger partial charge in [0.25, 0.3) is 11.5 Å². The Bertz CT molecular complexity index is 982. The van der Waals surface area contributed by atoms with Crippen molar-refractivity contribution in [2.45, 2.75) is 20.3 Å². The second-order valence-corrected chi connectivity index (χ2v) is 7.46. The molecule has 0 atom stereocenters. The van der Waals surface area contributed by atoms with Crippen LogP contribution >= 0.6 is 15.9 Å². The minimum Gasteiger partial charge on any atom is -0.365 e. The van der Waals surface area contributed by atoms with Crippen LogP contribution in [0.5, 0.6) is 0 Å². The fourth-order valence-corrected chi connectivity index (χ4v) is 3.58. The number of rotatable bonds is 4. The topological polar surface area (TPSA) is 125 Å². The summed E-state index contributed by atoms with van der Waals surface area (Å²) in [6, 6.07) is 1.71. The summed E-state index contributed by atoms with van der Waals surface area (Å²) >= 11 is 3.23. The van der Waals surface area contributed by atoms with Crippen LogP contribution in [-0.2, 0) is 11.2 Å². The average Bonchev–Trinajstić information content (AvgIpc) is 2.67. The number of carbonyl (C=O) groups is 2. The zero-order valence-electron chi connectivity index (χ0n) is 15.7. The van der Waals surface area contributed by atoms with Crippen LogP contribution in [0.2, 0.25) is 0 Å². The number of amides is 2. The molecular formula is C18H21BrN6O3. The number of pyridine rings is 1. The molecule has 1 fully saturated rings. The molecule has 0 aromatic carbocycles. The van der Waals surface area contributed by atoms with Crippen molar-refractivity contribution >= 4 is 33.6 Å². The summed E-state index contributed by atoms with van der Waals surface area (Å²) in [6.07, 6.45) is 1.66. The van der Waals surface area contributed by atoms with Gasteiger partial charge in [-0.3, -0.25) is 14.4 Å². The molecule has 1 aliphatic rings. The smallest absolute Gasteiger partial charge is 0.262 e. The molecule has 3 rings (SSSR count). The third kappa shape index (κ3) is 3.91. The van der Waals surface area contributed by atoms with E-state index in [-0.39, 0.29) is 17.9 Å². The molecule has 3 N–H and O–H groups in total. The highest BCUT2D eigenvalue weighted by Crippen LogP contribution is 2.23. The number of nitrogens with one attached hydrogen (secondary N) is 1. The number of piperazine rings is 1. The molecule has 1 aliphatic heterocycles. The van der Waals surface area contributed by atoms with Crippen LogP contribution in [-0.4, -0.2) is 58.1 Å². The van der Waals surface area contributed by atoms with Gasteiger partial charge in [-0.15, -0.1) is 5.10 Å². The van der Waals surface area contributed by atoms with Crippen molar-refractivity contribution in [3.63, 3.8) is 0 Å². The van der Waals surface area contributed by atoms with Crippen LogP contribution in [0, 0.1) is 13.8 Å². The standard InChI is InChI=1S/C18H21BrN6O3/c1-10-11(2)22-23-17(14(10)16(20)27)25-7-5-24(6-8-25)13(26)9-12-3-4-21-18(28)15(12)19/h3-4H,5-9H2,1-2H3,(H2,20,27)(H,21,28). The van der Waals surface area contributed by atoms with Gasteiger partial charge in [0.05, 0.1) is 22.2 Å². The molecule has 2 amide bonds. The predicted octanol–water partition coefficient (Wildman–Crippen LogP) is 0.534.